The number of nitrogens with one attached hydrogen (secondary N) is 1. The van der Waals surface area contributed by atoms with Gasteiger partial charge in [0.25, 0.3) is 0 Å². The van der Waals surface area contributed by atoms with Crippen LogP contribution in [0.3, 0.4) is 0 Å². The molecule has 0 atom stereocenters. The molecule has 0 aliphatic carbocycles. The lowest BCUT2D eigenvalue weighted by Crippen LogP contribution is -1.97. The van der Waals surface area contributed by atoms with Gasteiger partial charge < -0.3 is 10.7 Å². The number of nitrogens with zero attached hydrogens (tertiary/aromatic N) is 1. The maximum absolute atomic E-state index is 6.10. The third kappa shape index (κ3) is 1.96. The molecule has 1 heterocycles. The summed E-state index contributed by atoms with van der Waals surface area (Å²) in [6.45, 7) is 4.48. The van der Waals surface area contributed by atoms with Gasteiger partial charge in [-0.25, -0.2) is 4.98 Å². The smallest absolute Gasteiger partial charge is 0.134 e. The first-order valence-electron chi connectivity index (χ1n) is 5.14. The standard InChI is InChI=1S/C12H14ClN3/c1-7-3-4-9(8(2)5-7)11-12(13)16-10(6-14)15-11/h3-5H,6,14H2,1-2H3,(H,15,16). The van der Waals surface area contributed by atoms with Crippen molar-refractivity contribution in [3.8, 4) is 11.3 Å². The molecule has 3 nitrogen and oxygen atoms in total. The Labute approximate surface area is 99.7 Å². The van der Waals surface area contributed by atoms with Crippen LogP contribution in [0.25, 0.3) is 11.3 Å². The van der Waals surface area contributed by atoms with E-state index in [9.17, 15) is 0 Å². The number of aromatic nitrogens is 2. The maximum atomic E-state index is 6.10. The van der Waals surface area contributed by atoms with Crippen molar-refractivity contribution in [1.82, 2.24) is 9.97 Å². The molecular formula is C12H14ClN3. The zero-order chi connectivity index (χ0) is 11.7. The van der Waals surface area contributed by atoms with Gasteiger partial charge in [-0.1, -0.05) is 35.4 Å². The molecule has 0 spiro atoms. The van der Waals surface area contributed by atoms with Crippen LogP contribution in [0.2, 0.25) is 5.15 Å². The Kier molecular flexibility index (Phi) is 2.99. The number of H-pyrrole nitrogens is 1. The van der Waals surface area contributed by atoms with Gasteiger partial charge in [0, 0.05) is 5.56 Å². The fourth-order valence-corrected chi connectivity index (χ4v) is 2.01. The van der Waals surface area contributed by atoms with Crippen LogP contribution in [0, 0.1) is 13.8 Å². The van der Waals surface area contributed by atoms with Crippen molar-refractivity contribution in [3.05, 3.63) is 40.3 Å². The molecule has 4 heteroatoms. The predicted octanol–water partition coefficient (Wildman–Crippen LogP) is 2.81. The van der Waals surface area contributed by atoms with Gasteiger partial charge in [0.2, 0.25) is 0 Å². The van der Waals surface area contributed by atoms with Gasteiger partial charge in [-0.2, -0.15) is 0 Å². The minimum Gasteiger partial charge on any atom is -0.331 e. The molecule has 0 saturated heterocycles. The Bertz CT molecular complexity index is 517. The Hall–Kier alpha value is -1.32. The predicted molar refractivity (Wildman–Crippen MR) is 66.4 cm³/mol. The van der Waals surface area contributed by atoms with Crippen LogP contribution in [0.15, 0.2) is 18.2 Å². The second kappa shape index (κ2) is 4.28. The van der Waals surface area contributed by atoms with E-state index in [1.54, 1.807) is 0 Å². The summed E-state index contributed by atoms with van der Waals surface area (Å²) in [4.78, 5) is 7.34. The number of rotatable bonds is 2. The van der Waals surface area contributed by atoms with E-state index in [1.165, 1.54) is 5.56 Å². The molecule has 0 aliphatic heterocycles. The Balaban J connectivity index is 2.53. The highest BCUT2D eigenvalue weighted by molar-refractivity contribution is 6.32. The molecule has 0 aliphatic rings. The topological polar surface area (TPSA) is 54.7 Å². The molecule has 0 bridgehead atoms. The summed E-state index contributed by atoms with van der Waals surface area (Å²) in [6.07, 6.45) is 0. The van der Waals surface area contributed by atoms with E-state index in [0.717, 1.165) is 16.8 Å². The van der Waals surface area contributed by atoms with E-state index >= 15 is 0 Å². The van der Waals surface area contributed by atoms with Crippen LogP contribution in [0.5, 0.6) is 0 Å². The second-order valence-electron chi connectivity index (χ2n) is 3.87. The zero-order valence-corrected chi connectivity index (χ0v) is 10.1. The van der Waals surface area contributed by atoms with Crippen LogP contribution in [-0.2, 0) is 6.54 Å². The van der Waals surface area contributed by atoms with Crippen molar-refractivity contribution in [2.75, 3.05) is 0 Å². The number of hydrogen-bond donors (Lipinski definition) is 2. The summed E-state index contributed by atoms with van der Waals surface area (Å²) in [7, 11) is 0. The van der Waals surface area contributed by atoms with Crippen molar-refractivity contribution in [3.63, 3.8) is 0 Å². The van der Waals surface area contributed by atoms with E-state index in [0.29, 0.717) is 17.5 Å². The van der Waals surface area contributed by atoms with E-state index < -0.39 is 0 Å². The lowest BCUT2D eigenvalue weighted by Gasteiger charge is -2.04. The quantitative estimate of drug-likeness (QED) is 0.841. The molecule has 2 aromatic rings. The van der Waals surface area contributed by atoms with E-state index in [-0.39, 0.29) is 0 Å². The maximum Gasteiger partial charge on any atom is 0.134 e. The first-order chi connectivity index (χ1) is 7.61. The minimum absolute atomic E-state index is 0.366. The van der Waals surface area contributed by atoms with Crippen LogP contribution in [0.1, 0.15) is 17.0 Å². The monoisotopic (exact) mass is 235 g/mol. The van der Waals surface area contributed by atoms with Crippen molar-refractivity contribution in [2.45, 2.75) is 20.4 Å². The normalized spacial score (nSPS) is 10.8. The molecule has 2 rings (SSSR count). The summed E-state index contributed by atoms with van der Waals surface area (Å²) in [5, 5.41) is 0.549. The minimum atomic E-state index is 0.366. The van der Waals surface area contributed by atoms with Crippen LogP contribution < -0.4 is 5.73 Å². The van der Waals surface area contributed by atoms with E-state index in [2.05, 4.69) is 35.9 Å². The summed E-state index contributed by atoms with van der Waals surface area (Å²) < 4.78 is 0. The summed E-state index contributed by atoms with van der Waals surface area (Å²) in [5.41, 5.74) is 9.74. The highest BCUT2D eigenvalue weighted by atomic mass is 35.5. The molecule has 0 amide bonds. The average Bonchev–Trinajstić information content (AvgIpc) is 2.60. The van der Waals surface area contributed by atoms with Crippen LogP contribution in [0.4, 0.5) is 0 Å². The van der Waals surface area contributed by atoms with Crippen molar-refractivity contribution in [1.29, 1.82) is 0 Å². The molecule has 16 heavy (non-hydrogen) atoms. The van der Waals surface area contributed by atoms with Gasteiger partial charge in [0.15, 0.2) is 0 Å². The summed E-state index contributed by atoms with van der Waals surface area (Å²) in [6, 6.07) is 6.20. The fourth-order valence-electron chi connectivity index (χ4n) is 1.75. The summed E-state index contributed by atoms with van der Waals surface area (Å²) in [5.74, 6) is 0.708. The van der Waals surface area contributed by atoms with Gasteiger partial charge in [-0.3, -0.25) is 0 Å². The first kappa shape index (κ1) is 11.2. The number of benzene rings is 1. The van der Waals surface area contributed by atoms with Crippen molar-refractivity contribution in [2.24, 2.45) is 5.73 Å². The lowest BCUT2D eigenvalue weighted by molar-refractivity contribution is 0.950. The van der Waals surface area contributed by atoms with Gasteiger partial charge in [0.05, 0.1) is 6.54 Å². The van der Waals surface area contributed by atoms with Gasteiger partial charge in [0.1, 0.15) is 16.7 Å². The third-order valence-corrected chi connectivity index (χ3v) is 2.81. The van der Waals surface area contributed by atoms with Crippen LogP contribution >= 0.6 is 11.6 Å². The molecule has 1 aromatic carbocycles. The molecule has 0 unspecified atom stereocenters. The highest BCUT2D eigenvalue weighted by Crippen LogP contribution is 2.28. The number of nitrogens with two attached hydrogens (primary N) is 1. The molecule has 0 radical (unpaired) electrons. The van der Waals surface area contributed by atoms with E-state index in [1.807, 2.05) is 6.07 Å². The van der Waals surface area contributed by atoms with Crippen molar-refractivity contribution >= 4 is 11.6 Å². The molecule has 3 N–H and O–H groups in total. The van der Waals surface area contributed by atoms with Crippen LogP contribution in [-0.4, -0.2) is 9.97 Å². The second-order valence-corrected chi connectivity index (χ2v) is 4.25. The first-order valence-corrected chi connectivity index (χ1v) is 5.51. The zero-order valence-electron chi connectivity index (χ0n) is 9.34. The molecule has 84 valence electrons. The Morgan fingerprint density at radius 2 is 2.12 bits per heavy atom. The SMILES string of the molecule is Cc1ccc(-c2nc(CN)[nH]c2Cl)c(C)c1. The Morgan fingerprint density at radius 1 is 1.38 bits per heavy atom. The van der Waals surface area contributed by atoms with Gasteiger partial charge >= 0.3 is 0 Å². The number of hydrogen-bond acceptors (Lipinski definition) is 2. The number of imidazole rings is 1. The van der Waals surface area contributed by atoms with Crippen molar-refractivity contribution < 1.29 is 0 Å². The highest BCUT2D eigenvalue weighted by Gasteiger charge is 2.11. The Morgan fingerprint density at radius 3 is 2.69 bits per heavy atom. The van der Waals surface area contributed by atoms with Gasteiger partial charge in [-0.15, -0.1) is 0 Å². The largest absolute Gasteiger partial charge is 0.331 e. The lowest BCUT2D eigenvalue weighted by atomic mass is 10.0. The molecule has 0 saturated carbocycles. The van der Waals surface area contributed by atoms with E-state index in [4.69, 9.17) is 17.3 Å². The van der Waals surface area contributed by atoms with Gasteiger partial charge in [-0.05, 0) is 19.4 Å². The third-order valence-electron chi connectivity index (χ3n) is 2.54. The molecular weight excluding hydrogens is 222 g/mol. The summed E-state index contributed by atoms with van der Waals surface area (Å²) >= 11 is 6.10. The number of halogens is 1. The number of aromatic amines is 1. The molecule has 1 aromatic heterocycles. The fraction of sp³-hybridized carbons (Fsp3) is 0.250. The molecule has 0 fully saturated rings. The average molecular weight is 236 g/mol. The number of aryl methyl sites for hydroxylation is 2.